The molecule has 0 saturated heterocycles. The fourth-order valence-electron chi connectivity index (χ4n) is 1.67. The van der Waals surface area contributed by atoms with Gasteiger partial charge in [-0.3, -0.25) is 0 Å². The lowest BCUT2D eigenvalue weighted by atomic mass is 10.1. The molecule has 2 aromatic heterocycles. The smallest absolute Gasteiger partial charge is 0.231 e. The zero-order chi connectivity index (χ0) is 12.4. The monoisotopic (exact) mass is 258 g/mol. The van der Waals surface area contributed by atoms with Crippen LogP contribution in [0.25, 0.3) is 10.7 Å². The highest BCUT2D eigenvalue weighted by molar-refractivity contribution is 7.13. The van der Waals surface area contributed by atoms with Crippen molar-refractivity contribution in [3.63, 3.8) is 0 Å². The first kappa shape index (κ1) is 11.0. The van der Waals surface area contributed by atoms with Crippen LogP contribution in [-0.4, -0.2) is 15.2 Å². The molecule has 2 heterocycles. The Morgan fingerprint density at radius 2 is 2.17 bits per heavy atom. The predicted molar refractivity (Wildman–Crippen MR) is 68.5 cm³/mol. The summed E-state index contributed by atoms with van der Waals surface area (Å²) >= 11 is 1.57. The SMILES string of the molecule is Oc1cccc(Cc2nc(-c3cccs3)no2)c1. The largest absolute Gasteiger partial charge is 0.508 e. The third-order valence-corrected chi connectivity index (χ3v) is 3.34. The van der Waals surface area contributed by atoms with Crippen molar-refractivity contribution in [2.45, 2.75) is 6.42 Å². The molecule has 3 rings (SSSR count). The molecule has 0 aliphatic rings. The van der Waals surface area contributed by atoms with Crippen LogP contribution < -0.4 is 0 Å². The van der Waals surface area contributed by atoms with E-state index in [1.807, 2.05) is 23.6 Å². The van der Waals surface area contributed by atoms with Gasteiger partial charge in [-0.1, -0.05) is 23.4 Å². The van der Waals surface area contributed by atoms with Crippen LogP contribution in [0.5, 0.6) is 5.75 Å². The normalized spacial score (nSPS) is 10.7. The van der Waals surface area contributed by atoms with Gasteiger partial charge < -0.3 is 9.63 Å². The standard InChI is InChI=1S/C13H10N2O2S/c16-10-4-1-3-9(7-10)8-12-14-13(15-17-12)11-5-2-6-18-11/h1-7,16H,8H2. The number of nitrogens with zero attached hydrogens (tertiary/aromatic N) is 2. The van der Waals surface area contributed by atoms with E-state index >= 15 is 0 Å². The van der Waals surface area contributed by atoms with Crippen molar-refractivity contribution in [2.75, 3.05) is 0 Å². The zero-order valence-corrected chi connectivity index (χ0v) is 10.2. The summed E-state index contributed by atoms with van der Waals surface area (Å²) in [4.78, 5) is 5.32. The minimum absolute atomic E-state index is 0.241. The van der Waals surface area contributed by atoms with E-state index < -0.39 is 0 Å². The van der Waals surface area contributed by atoms with Crippen LogP contribution in [0.3, 0.4) is 0 Å². The minimum Gasteiger partial charge on any atom is -0.508 e. The molecule has 0 amide bonds. The highest BCUT2D eigenvalue weighted by Crippen LogP contribution is 2.22. The molecule has 0 fully saturated rings. The molecule has 0 spiro atoms. The van der Waals surface area contributed by atoms with Gasteiger partial charge >= 0.3 is 0 Å². The lowest BCUT2D eigenvalue weighted by Crippen LogP contribution is -1.87. The number of hydrogen-bond acceptors (Lipinski definition) is 5. The van der Waals surface area contributed by atoms with Crippen LogP contribution >= 0.6 is 11.3 Å². The van der Waals surface area contributed by atoms with Crippen molar-refractivity contribution < 1.29 is 9.63 Å². The average Bonchev–Trinajstić information content (AvgIpc) is 2.98. The van der Waals surface area contributed by atoms with Gasteiger partial charge in [-0.25, -0.2) is 0 Å². The van der Waals surface area contributed by atoms with E-state index in [0.717, 1.165) is 10.4 Å². The molecular weight excluding hydrogens is 248 g/mol. The topological polar surface area (TPSA) is 59.2 Å². The number of rotatable bonds is 3. The van der Waals surface area contributed by atoms with Crippen molar-refractivity contribution in [2.24, 2.45) is 0 Å². The maximum absolute atomic E-state index is 9.38. The van der Waals surface area contributed by atoms with Gasteiger partial charge in [0.2, 0.25) is 11.7 Å². The quantitative estimate of drug-likeness (QED) is 0.784. The Morgan fingerprint density at radius 1 is 1.22 bits per heavy atom. The fourth-order valence-corrected chi connectivity index (χ4v) is 2.32. The van der Waals surface area contributed by atoms with Gasteiger partial charge in [0.15, 0.2) is 0 Å². The number of aromatic hydroxyl groups is 1. The van der Waals surface area contributed by atoms with Crippen LogP contribution in [-0.2, 0) is 6.42 Å². The lowest BCUT2D eigenvalue weighted by molar-refractivity contribution is 0.385. The Kier molecular flexibility index (Phi) is 2.82. The Balaban J connectivity index is 1.82. The van der Waals surface area contributed by atoms with Gasteiger partial charge in [-0.05, 0) is 29.1 Å². The molecule has 5 heteroatoms. The average molecular weight is 258 g/mol. The van der Waals surface area contributed by atoms with Gasteiger partial charge in [-0.2, -0.15) is 4.98 Å². The summed E-state index contributed by atoms with van der Waals surface area (Å²) in [5.74, 6) is 1.40. The molecule has 0 saturated carbocycles. The van der Waals surface area contributed by atoms with E-state index in [2.05, 4.69) is 10.1 Å². The van der Waals surface area contributed by atoms with Crippen LogP contribution in [0.2, 0.25) is 0 Å². The molecule has 1 aromatic carbocycles. The Labute approximate surface area is 108 Å². The van der Waals surface area contributed by atoms with E-state index in [1.54, 1.807) is 29.5 Å². The molecule has 1 N–H and O–H groups in total. The molecule has 0 aliphatic heterocycles. The second-order valence-electron chi connectivity index (χ2n) is 3.84. The second-order valence-corrected chi connectivity index (χ2v) is 4.78. The molecule has 3 aromatic rings. The van der Waals surface area contributed by atoms with Crippen molar-refractivity contribution in [1.29, 1.82) is 0 Å². The molecule has 4 nitrogen and oxygen atoms in total. The third-order valence-electron chi connectivity index (χ3n) is 2.48. The molecular formula is C13H10N2O2S. The van der Waals surface area contributed by atoms with Crippen LogP contribution in [0.1, 0.15) is 11.5 Å². The number of phenols is 1. The summed E-state index contributed by atoms with van der Waals surface area (Å²) in [6.45, 7) is 0. The molecule has 0 radical (unpaired) electrons. The number of aromatic nitrogens is 2. The summed E-state index contributed by atoms with van der Waals surface area (Å²) in [5.41, 5.74) is 0.941. The van der Waals surface area contributed by atoms with Crippen molar-refractivity contribution in [1.82, 2.24) is 10.1 Å². The highest BCUT2D eigenvalue weighted by atomic mass is 32.1. The Hall–Kier alpha value is -2.14. The van der Waals surface area contributed by atoms with Crippen LogP contribution in [0, 0.1) is 0 Å². The van der Waals surface area contributed by atoms with Crippen molar-refractivity contribution >= 4 is 11.3 Å². The van der Waals surface area contributed by atoms with E-state index in [1.165, 1.54) is 0 Å². The van der Waals surface area contributed by atoms with Crippen LogP contribution in [0.4, 0.5) is 0 Å². The number of thiophene rings is 1. The lowest BCUT2D eigenvalue weighted by Gasteiger charge is -1.96. The van der Waals surface area contributed by atoms with Gasteiger partial charge in [0.05, 0.1) is 11.3 Å². The molecule has 0 aliphatic carbocycles. The van der Waals surface area contributed by atoms with Gasteiger partial charge in [0.1, 0.15) is 5.75 Å². The summed E-state index contributed by atoms with van der Waals surface area (Å²) in [5, 5.41) is 15.3. The minimum atomic E-state index is 0.241. The number of hydrogen-bond donors (Lipinski definition) is 1. The predicted octanol–water partition coefficient (Wildman–Crippen LogP) is 3.09. The van der Waals surface area contributed by atoms with Gasteiger partial charge in [0, 0.05) is 0 Å². The zero-order valence-electron chi connectivity index (χ0n) is 9.41. The van der Waals surface area contributed by atoms with E-state index in [0.29, 0.717) is 18.1 Å². The number of benzene rings is 1. The molecule has 18 heavy (non-hydrogen) atoms. The fraction of sp³-hybridized carbons (Fsp3) is 0.0769. The Morgan fingerprint density at radius 3 is 2.94 bits per heavy atom. The van der Waals surface area contributed by atoms with E-state index in [4.69, 9.17) is 4.52 Å². The van der Waals surface area contributed by atoms with Crippen LogP contribution in [0.15, 0.2) is 46.3 Å². The second kappa shape index (κ2) is 4.62. The summed E-state index contributed by atoms with van der Waals surface area (Å²) in [6, 6.07) is 10.9. The number of phenolic OH excluding ortho intramolecular Hbond substituents is 1. The Bertz CT molecular complexity index is 647. The summed E-state index contributed by atoms with van der Waals surface area (Å²) < 4.78 is 5.20. The summed E-state index contributed by atoms with van der Waals surface area (Å²) in [6.07, 6.45) is 0.521. The van der Waals surface area contributed by atoms with Crippen molar-refractivity contribution in [3.8, 4) is 16.5 Å². The van der Waals surface area contributed by atoms with Crippen molar-refractivity contribution in [3.05, 3.63) is 53.2 Å². The molecule has 0 bridgehead atoms. The maximum atomic E-state index is 9.38. The highest BCUT2D eigenvalue weighted by Gasteiger charge is 2.09. The molecule has 0 atom stereocenters. The molecule has 0 unspecified atom stereocenters. The van der Waals surface area contributed by atoms with Gasteiger partial charge in [0.25, 0.3) is 0 Å². The molecule has 90 valence electrons. The maximum Gasteiger partial charge on any atom is 0.231 e. The first-order chi connectivity index (χ1) is 8.81. The van der Waals surface area contributed by atoms with Gasteiger partial charge in [-0.15, -0.1) is 11.3 Å². The summed E-state index contributed by atoms with van der Waals surface area (Å²) in [7, 11) is 0. The first-order valence-corrected chi connectivity index (χ1v) is 6.33. The van der Waals surface area contributed by atoms with E-state index in [-0.39, 0.29) is 5.75 Å². The third kappa shape index (κ3) is 2.26. The van der Waals surface area contributed by atoms with E-state index in [9.17, 15) is 5.11 Å². The first-order valence-electron chi connectivity index (χ1n) is 5.45.